The van der Waals surface area contributed by atoms with Crippen LogP contribution in [-0.2, 0) is 6.18 Å². The summed E-state index contributed by atoms with van der Waals surface area (Å²) in [6, 6.07) is 4.75. The van der Waals surface area contributed by atoms with Crippen molar-refractivity contribution in [1.29, 1.82) is 0 Å². The number of anilines is 1. The van der Waals surface area contributed by atoms with E-state index in [1.165, 1.54) is 18.2 Å². The zero-order chi connectivity index (χ0) is 18.8. The third-order valence-corrected chi connectivity index (χ3v) is 3.99. The molecule has 0 saturated heterocycles. The highest BCUT2D eigenvalue weighted by molar-refractivity contribution is 6.46. The molecule has 0 radical (unpaired) electrons. The summed E-state index contributed by atoms with van der Waals surface area (Å²) in [5.41, 5.74) is 0.416. The molecule has 0 aliphatic rings. The van der Waals surface area contributed by atoms with Gasteiger partial charge in [-0.25, -0.2) is 9.78 Å². The minimum Gasteiger partial charge on any atom is -0.476 e. The first-order valence-corrected chi connectivity index (χ1v) is 7.49. The van der Waals surface area contributed by atoms with Gasteiger partial charge in [0.2, 0.25) is 0 Å². The lowest BCUT2D eigenvalue weighted by Gasteiger charge is -2.11. The van der Waals surface area contributed by atoms with Gasteiger partial charge in [-0.1, -0.05) is 53.0 Å². The normalized spacial score (nSPS) is 11.8. The van der Waals surface area contributed by atoms with E-state index in [1.807, 2.05) is 0 Å². The van der Waals surface area contributed by atoms with Gasteiger partial charge in [-0.3, -0.25) is 5.43 Å². The van der Waals surface area contributed by atoms with Gasteiger partial charge in [0.1, 0.15) is 10.0 Å². The van der Waals surface area contributed by atoms with E-state index in [0.717, 1.165) is 12.3 Å². The number of rotatable bonds is 4. The summed E-state index contributed by atoms with van der Waals surface area (Å²) in [6.07, 6.45) is -3.67. The Morgan fingerprint density at radius 3 is 2.44 bits per heavy atom. The maximum atomic E-state index is 12.9. The van der Waals surface area contributed by atoms with E-state index in [9.17, 15) is 18.0 Å². The van der Waals surface area contributed by atoms with Crippen molar-refractivity contribution in [3.63, 3.8) is 0 Å². The lowest BCUT2D eigenvalue weighted by molar-refractivity contribution is -0.137. The van der Waals surface area contributed by atoms with Crippen molar-refractivity contribution in [3.05, 3.63) is 56.3 Å². The van der Waals surface area contributed by atoms with Crippen LogP contribution in [0.2, 0.25) is 15.2 Å². The molecule has 2 aromatic rings. The van der Waals surface area contributed by atoms with Crippen LogP contribution in [0.25, 0.3) is 0 Å². The molecule has 0 unspecified atom stereocenters. The van der Waals surface area contributed by atoms with E-state index in [1.54, 1.807) is 0 Å². The molecular weight excluding hydrogens is 406 g/mol. The van der Waals surface area contributed by atoms with Gasteiger partial charge >= 0.3 is 12.1 Å². The number of hydrogen-bond acceptors (Lipinski definition) is 4. The highest BCUT2D eigenvalue weighted by atomic mass is 35.5. The summed E-state index contributed by atoms with van der Waals surface area (Å²) in [5, 5.41) is 11.7. The van der Waals surface area contributed by atoms with Gasteiger partial charge < -0.3 is 5.11 Å². The van der Waals surface area contributed by atoms with Crippen LogP contribution in [-0.4, -0.2) is 22.3 Å². The molecule has 0 aliphatic carbocycles. The molecule has 0 spiro atoms. The van der Waals surface area contributed by atoms with E-state index in [0.29, 0.717) is 0 Å². The molecule has 0 saturated carbocycles. The number of nitrogens with one attached hydrogen (secondary N) is 1. The van der Waals surface area contributed by atoms with Crippen molar-refractivity contribution < 1.29 is 23.1 Å². The second-order valence-electron chi connectivity index (χ2n) is 4.51. The lowest BCUT2D eigenvalue weighted by atomic mass is 10.1. The Morgan fingerprint density at radius 1 is 1.20 bits per heavy atom. The predicted molar refractivity (Wildman–Crippen MR) is 88.9 cm³/mol. The first-order valence-electron chi connectivity index (χ1n) is 6.36. The monoisotopic (exact) mass is 411 g/mol. The van der Waals surface area contributed by atoms with Crippen LogP contribution in [0, 0.1) is 0 Å². The van der Waals surface area contributed by atoms with Crippen molar-refractivity contribution in [1.82, 2.24) is 4.98 Å². The number of carboxylic acids is 1. The minimum absolute atomic E-state index is 0.193. The molecule has 1 aromatic heterocycles. The molecule has 0 atom stereocenters. The maximum absolute atomic E-state index is 12.9. The Hall–Kier alpha value is -2.03. The zero-order valence-corrected chi connectivity index (χ0v) is 14.2. The predicted octanol–water partition coefficient (Wildman–Crippen LogP) is 5.20. The molecule has 25 heavy (non-hydrogen) atoms. The second-order valence-corrected chi connectivity index (χ2v) is 5.63. The molecule has 11 heteroatoms. The van der Waals surface area contributed by atoms with Gasteiger partial charge in [-0.05, 0) is 6.07 Å². The summed E-state index contributed by atoms with van der Waals surface area (Å²) in [5.74, 6) is -1.46. The van der Waals surface area contributed by atoms with Crippen molar-refractivity contribution in [2.75, 3.05) is 5.43 Å². The first-order chi connectivity index (χ1) is 11.6. The Labute approximate surface area is 154 Å². The number of benzene rings is 1. The Morgan fingerprint density at radius 2 is 1.84 bits per heavy atom. The Balaban J connectivity index is 2.37. The molecule has 2 N–H and O–H groups in total. The average molecular weight is 413 g/mol. The third-order valence-electron chi connectivity index (χ3n) is 2.89. The van der Waals surface area contributed by atoms with Gasteiger partial charge in [0.05, 0.1) is 17.5 Å². The fourth-order valence-corrected chi connectivity index (χ4v) is 2.45. The number of pyridine rings is 1. The van der Waals surface area contributed by atoms with Crippen molar-refractivity contribution in [3.8, 4) is 0 Å². The number of hydrazone groups is 1. The standard InChI is InChI=1S/C14H7Cl3F3N3O2/c15-8-10(9(16)12(17)22-11(8)13(24)25)23-21-5-6-3-1-2-4-7(6)14(18,19)20/h1-5H,(H,22,23)(H,24,25). The van der Waals surface area contributed by atoms with Crippen LogP contribution < -0.4 is 5.43 Å². The number of carboxylic acid groups (broad SMARTS) is 1. The van der Waals surface area contributed by atoms with Crippen molar-refractivity contribution >= 4 is 52.7 Å². The van der Waals surface area contributed by atoms with Crippen LogP contribution in [0.1, 0.15) is 21.6 Å². The molecular formula is C14H7Cl3F3N3O2. The number of halogens is 6. The molecule has 0 amide bonds. The number of aromatic carboxylic acids is 1. The van der Waals surface area contributed by atoms with E-state index < -0.39 is 23.4 Å². The molecule has 1 heterocycles. The second kappa shape index (κ2) is 7.47. The summed E-state index contributed by atoms with van der Waals surface area (Å²) in [6.45, 7) is 0. The van der Waals surface area contributed by atoms with Crippen molar-refractivity contribution in [2.45, 2.75) is 6.18 Å². The molecule has 1 aromatic carbocycles. The van der Waals surface area contributed by atoms with E-state index in [4.69, 9.17) is 39.9 Å². The van der Waals surface area contributed by atoms with Crippen LogP contribution in [0.5, 0.6) is 0 Å². The highest BCUT2D eigenvalue weighted by Crippen LogP contribution is 2.37. The van der Waals surface area contributed by atoms with Crippen LogP contribution in [0.15, 0.2) is 29.4 Å². The van der Waals surface area contributed by atoms with Crippen LogP contribution >= 0.6 is 34.8 Å². The van der Waals surface area contributed by atoms with Crippen LogP contribution in [0.4, 0.5) is 18.9 Å². The molecule has 2 rings (SSSR count). The minimum atomic E-state index is -4.56. The van der Waals surface area contributed by atoms with Gasteiger partial charge in [-0.2, -0.15) is 18.3 Å². The number of carbonyl (C=O) groups is 1. The molecule has 0 bridgehead atoms. The SMILES string of the molecule is O=C(O)c1nc(Cl)c(Cl)c(NN=Cc2ccccc2C(F)(F)F)c1Cl. The average Bonchev–Trinajstić information content (AvgIpc) is 2.53. The number of hydrogen-bond donors (Lipinski definition) is 2. The quantitative estimate of drug-likeness (QED) is 0.411. The van der Waals surface area contributed by atoms with Crippen molar-refractivity contribution in [2.24, 2.45) is 5.10 Å². The molecule has 0 aliphatic heterocycles. The Bertz CT molecular complexity index is 857. The fraction of sp³-hybridized carbons (Fsp3) is 0.0714. The summed E-state index contributed by atoms with van der Waals surface area (Å²) >= 11 is 17.4. The molecule has 5 nitrogen and oxygen atoms in total. The maximum Gasteiger partial charge on any atom is 0.417 e. The van der Waals surface area contributed by atoms with Crippen LogP contribution in [0.3, 0.4) is 0 Å². The summed E-state index contributed by atoms with van der Waals surface area (Å²) in [4.78, 5) is 14.6. The fourth-order valence-electron chi connectivity index (χ4n) is 1.79. The molecule has 132 valence electrons. The smallest absolute Gasteiger partial charge is 0.417 e. The van der Waals surface area contributed by atoms with Gasteiger partial charge in [-0.15, -0.1) is 0 Å². The van der Waals surface area contributed by atoms with E-state index >= 15 is 0 Å². The van der Waals surface area contributed by atoms with E-state index in [-0.39, 0.29) is 26.4 Å². The summed E-state index contributed by atoms with van der Waals surface area (Å²) < 4.78 is 38.7. The zero-order valence-electron chi connectivity index (χ0n) is 11.9. The molecule has 0 fully saturated rings. The number of alkyl halides is 3. The number of aromatic nitrogens is 1. The van der Waals surface area contributed by atoms with E-state index in [2.05, 4.69) is 15.5 Å². The lowest BCUT2D eigenvalue weighted by Crippen LogP contribution is -2.09. The van der Waals surface area contributed by atoms with Gasteiger partial charge in [0, 0.05) is 5.56 Å². The number of nitrogens with zero attached hydrogens (tertiary/aromatic N) is 2. The Kier molecular flexibility index (Phi) is 5.76. The topological polar surface area (TPSA) is 74.6 Å². The highest BCUT2D eigenvalue weighted by Gasteiger charge is 2.32. The summed E-state index contributed by atoms with van der Waals surface area (Å²) in [7, 11) is 0. The van der Waals surface area contributed by atoms with Gasteiger partial charge in [0.25, 0.3) is 0 Å². The largest absolute Gasteiger partial charge is 0.476 e. The third kappa shape index (κ3) is 4.33. The first kappa shape index (κ1) is 19.3. The van der Waals surface area contributed by atoms with Gasteiger partial charge in [0.15, 0.2) is 10.8 Å².